The molecular formula is C30H50O. The van der Waals surface area contributed by atoms with Crippen LogP contribution in [-0.4, -0.2) is 11.2 Å². The predicted octanol–water partition coefficient (Wildman–Crippen LogP) is 8.19. The van der Waals surface area contributed by atoms with Gasteiger partial charge in [0.05, 0.1) is 6.10 Å². The molecule has 176 valence electrons. The molecule has 0 aliphatic heterocycles. The lowest BCUT2D eigenvalue weighted by Gasteiger charge is -2.60. The second kappa shape index (κ2) is 8.03. The van der Waals surface area contributed by atoms with Crippen molar-refractivity contribution in [3.8, 4) is 0 Å². The van der Waals surface area contributed by atoms with Crippen LogP contribution in [0.2, 0.25) is 0 Å². The minimum absolute atomic E-state index is 0.0525. The van der Waals surface area contributed by atoms with Crippen molar-refractivity contribution < 1.29 is 5.11 Å². The maximum Gasteiger partial charge on any atom is 0.0594 e. The summed E-state index contributed by atoms with van der Waals surface area (Å²) >= 11 is 0. The molecule has 0 unspecified atom stereocenters. The van der Waals surface area contributed by atoms with Gasteiger partial charge in [-0.05, 0) is 103 Å². The molecule has 0 amide bonds. The average Bonchev–Trinajstić information content (AvgIpc) is 3.06. The van der Waals surface area contributed by atoms with E-state index >= 15 is 0 Å². The van der Waals surface area contributed by atoms with Crippen molar-refractivity contribution in [1.29, 1.82) is 0 Å². The Morgan fingerprint density at radius 3 is 2.26 bits per heavy atom. The van der Waals surface area contributed by atoms with Gasteiger partial charge in [-0.1, -0.05) is 78.7 Å². The zero-order valence-electron chi connectivity index (χ0n) is 21.8. The van der Waals surface area contributed by atoms with Crippen LogP contribution in [0.25, 0.3) is 0 Å². The van der Waals surface area contributed by atoms with Gasteiger partial charge in [0.25, 0.3) is 0 Å². The summed E-state index contributed by atoms with van der Waals surface area (Å²) in [5, 5.41) is 10.8. The van der Waals surface area contributed by atoms with Gasteiger partial charge in [-0.15, -0.1) is 0 Å². The molecule has 1 heteroatoms. The van der Waals surface area contributed by atoms with E-state index in [9.17, 15) is 5.11 Å². The molecule has 2 saturated carbocycles. The third-order valence-corrected chi connectivity index (χ3v) is 11.4. The number of fused-ring (bicyclic) bond motifs is 4. The number of rotatable bonds is 4. The van der Waals surface area contributed by atoms with Crippen molar-refractivity contribution >= 4 is 0 Å². The fourth-order valence-corrected chi connectivity index (χ4v) is 8.90. The summed E-state index contributed by atoms with van der Waals surface area (Å²) in [6.07, 6.45) is 15.2. The first-order valence-corrected chi connectivity index (χ1v) is 13.5. The van der Waals surface area contributed by atoms with Crippen LogP contribution in [-0.2, 0) is 0 Å². The molecule has 8 atom stereocenters. The Bertz CT molecular complexity index is 742. The predicted molar refractivity (Wildman–Crippen MR) is 133 cm³/mol. The van der Waals surface area contributed by atoms with E-state index in [4.69, 9.17) is 0 Å². The largest absolute Gasteiger partial charge is 0.393 e. The van der Waals surface area contributed by atoms with E-state index in [-0.39, 0.29) is 11.5 Å². The van der Waals surface area contributed by atoms with Gasteiger partial charge in [0.1, 0.15) is 0 Å². The summed E-state index contributed by atoms with van der Waals surface area (Å²) in [7, 11) is 0. The average molecular weight is 427 g/mol. The number of aliphatic hydroxyl groups is 1. The Kier molecular flexibility index (Phi) is 6.11. The molecule has 4 rings (SSSR count). The minimum Gasteiger partial charge on any atom is -0.393 e. The third-order valence-electron chi connectivity index (χ3n) is 11.4. The van der Waals surface area contributed by atoms with Gasteiger partial charge < -0.3 is 5.11 Å². The molecule has 0 aromatic heterocycles. The zero-order valence-corrected chi connectivity index (χ0v) is 21.8. The quantitative estimate of drug-likeness (QED) is 0.449. The van der Waals surface area contributed by atoms with E-state index in [0.717, 1.165) is 24.2 Å². The molecule has 1 nitrogen and oxygen atoms in total. The SMILES string of the molecule is CC(C)[C@@H](C)/C=C/[C@@H](C)[C@H]1CC[C@@H]2C3=C(CC[C@@]21C)[C@@]1(C)CC[C@H](O)C(C)(C)[C@@H]1CC3. The van der Waals surface area contributed by atoms with Crippen molar-refractivity contribution in [2.24, 2.45) is 51.8 Å². The number of allylic oxidation sites excluding steroid dienone is 4. The van der Waals surface area contributed by atoms with Crippen LogP contribution in [0.3, 0.4) is 0 Å². The highest BCUT2D eigenvalue weighted by Crippen LogP contribution is 2.67. The fourth-order valence-electron chi connectivity index (χ4n) is 8.90. The van der Waals surface area contributed by atoms with E-state index in [0.29, 0.717) is 28.6 Å². The van der Waals surface area contributed by atoms with E-state index in [1.54, 1.807) is 0 Å². The summed E-state index contributed by atoms with van der Waals surface area (Å²) in [4.78, 5) is 0. The van der Waals surface area contributed by atoms with Crippen LogP contribution in [0.5, 0.6) is 0 Å². The van der Waals surface area contributed by atoms with Crippen molar-refractivity contribution in [2.75, 3.05) is 0 Å². The van der Waals surface area contributed by atoms with Gasteiger partial charge in [-0.3, -0.25) is 0 Å². The van der Waals surface area contributed by atoms with Gasteiger partial charge in [-0.25, -0.2) is 0 Å². The van der Waals surface area contributed by atoms with Gasteiger partial charge in [0.15, 0.2) is 0 Å². The van der Waals surface area contributed by atoms with Crippen LogP contribution in [0.4, 0.5) is 0 Å². The molecule has 4 aliphatic carbocycles. The lowest BCUT2D eigenvalue weighted by atomic mass is 9.46. The van der Waals surface area contributed by atoms with Crippen LogP contribution in [0.1, 0.15) is 107 Å². The Morgan fingerprint density at radius 2 is 1.58 bits per heavy atom. The summed E-state index contributed by atoms with van der Waals surface area (Å²) in [6, 6.07) is 0. The Morgan fingerprint density at radius 1 is 0.871 bits per heavy atom. The molecule has 31 heavy (non-hydrogen) atoms. The lowest BCUT2D eigenvalue weighted by Crippen LogP contribution is -2.53. The molecule has 0 radical (unpaired) electrons. The van der Waals surface area contributed by atoms with Crippen LogP contribution < -0.4 is 0 Å². The van der Waals surface area contributed by atoms with Crippen molar-refractivity contribution in [3.63, 3.8) is 0 Å². The summed E-state index contributed by atoms with van der Waals surface area (Å²) < 4.78 is 0. The summed E-state index contributed by atoms with van der Waals surface area (Å²) in [6.45, 7) is 19.5. The normalized spacial score (nSPS) is 44.2. The molecule has 2 fully saturated rings. The van der Waals surface area contributed by atoms with Gasteiger partial charge in [0, 0.05) is 0 Å². The molecule has 0 bridgehead atoms. The Labute approximate surface area is 193 Å². The van der Waals surface area contributed by atoms with Crippen molar-refractivity contribution in [3.05, 3.63) is 23.3 Å². The van der Waals surface area contributed by atoms with E-state index in [1.807, 2.05) is 11.1 Å². The molecule has 0 spiro atoms. The first-order valence-electron chi connectivity index (χ1n) is 13.5. The Balaban J connectivity index is 1.60. The zero-order chi connectivity index (χ0) is 22.8. The topological polar surface area (TPSA) is 20.2 Å². The maximum absolute atomic E-state index is 10.8. The van der Waals surface area contributed by atoms with E-state index in [1.165, 1.54) is 44.9 Å². The first-order chi connectivity index (χ1) is 14.4. The standard InChI is InChI=1S/C30H50O/c1-19(2)20(3)9-10-21(4)23-12-13-24-22-11-14-26-28(5,6)27(31)16-18-30(26,8)25(22)15-17-29(23,24)7/h9-10,19-21,23-24,26-27,31H,11-18H2,1-8H3/b10-9+/t20-,21+,23+,24+,26-,27-,29+,30+/m0/s1. The van der Waals surface area contributed by atoms with Crippen LogP contribution in [0, 0.1) is 51.8 Å². The van der Waals surface area contributed by atoms with E-state index < -0.39 is 0 Å². The smallest absolute Gasteiger partial charge is 0.0594 e. The van der Waals surface area contributed by atoms with E-state index in [2.05, 4.69) is 67.5 Å². The molecule has 0 saturated heterocycles. The second-order valence-corrected chi connectivity index (χ2v) is 13.5. The summed E-state index contributed by atoms with van der Waals surface area (Å²) in [5.74, 6) is 4.38. The number of hydrogen-bond acceptors (Lipinski definition) is 1. The number of aliphatic hydroxyl groups excluding tert-OH is 1. The molecule has 0 aromatic rings. The van der Waals surface area contributed by atoms with Crippen molar-refractivity contribution in [2.45, 2.75) is 113 Å². The maximum atomic E-state index is 10.8. The second-order valence-electron chi connectivity index (χ2n) is 13.5. The number of hydrogen-bond donors (Lipinski definition) is 1. The Hall–Kier alpha value is -0.560. The minimum atomic E-state index is -0.127. The van der Waals surface area contributed by atoms with Crippen LogP contribution >= 0.6 is 0 Å². The van der Waals surface area contributed by atoms with Crippen molar-refractivity contribution in [1.82, 2.24) is 0 Å². The summed E-state index contributed by atoms with van der Waals surface area (Å²) in [5.41, 5.74) is 4.60. The van der Waals surface area contributed by atoms with Gasteiger partial charge in [0.2, 0.25) is 0 Å². The highest BCUT2D eigenvalue weighted by atomic mass is 16.3. The highest BCUT2D eigenvalue weighted by molar-refractivity contribution is 5.35. The molecule has 1 N–H and O–H groups in total. The fraction of sp³-hybridized carbons (Fsp3) is 0.867. The van der Waals surface area contributed by atoms with Crippen LogP contribution in [0.15, 0.2) is 23.3 Å². The van der Waals surface area contributed by atoms with Gasteiger partial charge in [-0.2, -0.15) is 0 Å². The molecule has 4 aliphatic rings. The lowest BCUT2D eigenvalue weighted by molar-refractivity contribution is -0.0930. The molecular weight excluding hydrogens is 376 g/mol. The van der Waals surface area contributed by atoms with Gasteiger partial charge >= 0.3 is 0 Å². The highest BCUT2D eigenvalue weighted by Gasteiger charge is 2.58. The monoisotopic (exact) mass is 426 g/mol. The molecule has 0 heterocycles. The molecule has 0 aromatic carbocycles. The third kappa shape index (κ3) is 3.60. The first kappa shape index (κ1) is 23.6.